The molecule has 0 aliphatic carbocycles. The van der Waals surface area contributed by atoms with Crippen LogP contribution >= 0.6 is 0 Å². The van der Waals surface area contributed by atoms with Gasteiger partial charge in [-0.25, -0.2) is 18.7 Å². The zero-order chi connectivity index (χ0) is 20.9. The quantitative estimate of drug-likeness (QED) is 0.408. The van der Waals surface area contributed by atoms with Crippen LogP contribution in [0, 0.1) is 11.6 Å². The number of nitrogens with two attached hydrogens (primary N) is 1. The standard InChI is InChI=1S/C23H19F2N5/c24-18-12-11-17(13-19(18)25)29-22-20(26)23(28-14-27-22)30-21(15-7-3-1-4-8-15)16-9-5-2-6-10-16/h1-14,21H,26H2,(H2,27,28,29,30). The summed E-state index contributed by atoms with van der Waals surface area (Å²) in [6.07, 6.45) is 1.36. The van der Waals surface area contributed by atoms with E-state index in [1.807, 2.05) is 60.7 Å². The Kier molecular flexibility index (Phi) is 5.52. The van der Waals surface area contributed by atoms with Crippen molar-refractivity contribution in [2.45, 2.75) is 6.04 Å². The lowest BCUT2D eigenvalue weighted by Gasteiger charge is -2.22. The largest absolute Gasteiger partial charge is 0.393 e. The Morgan fingerprint density at radius 2 is 1.33 bits per heavy atom. The van der Waals surface area contributed by atoms with E-state index < -0.39 is 11.6 Å². The molecule has 30 heavy (non-hydrogen) atoms. The van der Waals surface area contributed by atoms with Gasteiger partial charge in [0.2, 0.25) is 0 Å². The number of halogens is 2. The van der Waals surface area contributed by atoms with Crippen molar-refractivity contribution in [3.8, 4) is 0 Å². The van der Waals surface area contributed by atoms with Crippen molar-refractivity contribution in [2.24, 2.45) is 0 Å². The van der Waals surface area contributed by atoms with Crippen molar-refractivity contribution in [2.75, 3.05) is 16.4 Å². The van der Waals surface area contributed by atoms with Gasteiger partial charge in [0.15, 0.2) is 23.3 Å². The molecule has 0 aliphatic rings. The van der Waals surface area contributed by atoms with E-state index in [1.165, 1.54) is 12.4 Å². The van der Waals surface area contributed by atoms with Gasteiger partial charge in [0.05, 0.1) is 6.04 Å². The Bertz CT molecular complexity index is 1100. The second kappa shape index (κ2) is 8.57. The van der Waals surface area contributed by atoms with Crippen molar-refractivity contribution in [1.29, 1.82) is 0 Å². The Labute approximate surface area is 172 Å². The van der Waals surface area contributed by atoms with Gasteiger partial charge in [0, 0.05) is 11.8 Å². The molecule has 3 aromatic carbocycles. The molecule has 0 spiro atoms. The second-order valence-corrected chi connectivity index (χ2v) is 6.64. The van der Waals surface area contributed by atoms with Crippen molar-refractivity contribution < 1.29 is 8.78 Å². The Morgan fingerprint density at radius 3 is 1.93 bits per heavy atom. The van der Waals surface area contributed by atoms with Gasteiger partial charge in [0.25, 0.3) is 0 Å². The van der Waals surface area contributed by atoms with Gasteiger partial charge >= 0.3 is 0 Å². The van der Waals surface area contributed by atoms with Crippen molar-refractivity contribution in [3.63, 3.8) is 0 Å². The number of rotatable bonds is 6. The molecule has 7 heteroatoms. The van der Waals surface area contributed by atoms with E-state index in [1.54, 1.807) is 0 Å². The van der Waals surface area contributed by atoms with Gasteiger partial charge in [-0.05, 0) is 23.3 Å². The fourth-order valence-corrected chi connectivity index (χ4v) is 3.11. The van der Waals surface area contributed by atoms with Gasteiger partial charge in [0.1, 0.15) is 12.0 Å². The second-order valence-electron chi connectivity index (χ2n) is 6.64. The van der Waals surface area contributed by atoms with Crippen molar-refractivity contribution >= 4 is 23.0 Å². The molecule has 1 heterocycles. The molecule has 0 radical (unpaired) electrons. The third kappa shape index (κ3) is 4.20. The van der Waals surface area contributed by atoms with Crippen molar-refractivity contribution in [3.05, 3.63) is 108 Å². The normalized spacial score (nSPS) is 10.8. The maximum absolute atomic E-state index is 13.5. The molecule has 0 bridgehead atoms. The highest BCUT2D eigenvalue weighted by atomic mass is 19.2. The molecule has 4 aromatic rings. The minimum Gasteiger partial charge on any atom is -0.393 e. The average molecular weight is 403 g/mol. The van der Waals surface area contributed by atoms with E-state index in [0.717, 1.165) is 23.3 Å². The lowest BCUT2D eigenvalue weighted by molar-refractivity contribution is 0.509. The van der Waals surface area contributed by atoms with Crippen LogP contribution in [0.2, 0.25) is 0 Å². The molecule has 0 fully saturated rings. The first-order valence-electron chi connectivity index (χ1n) is 9.31. The van der Waals surface area contributed by atoms with Gasteiger partial charge in [-0.1, -0.05) is 60.7 Å². The van der Waals surface area contributed by atoms with Gasteiger partial charge in [-0.2, -0.15) is 0 Å². The molecule has 0 unspecified atom stereocenters. The number of hydrogen-bond acceptors (Lipinski definition) is 5. The summed E-state index contributed by atoms with van der Waals surface area (Å²) in [5.41, 5.74) is 8.95. The minimum absolute atomic E-state index is 0.194. The summed E-state index contributed by atoms with van der Waals surface area (Å²) in [5.74, 6) is -1.17. The molecule has 1 aromatic heterocycles. The molecule has 0 saturated carbocycles. The highest BCUT2D eigenvalue weighted by Crippen LogP contribution is 2.31. The molecule has 5 nitrogen and oxygen atoms in total. The van der Waals surface area contributed by atoms with Crippen LogP contribution < -0.4 is 16.4 Å². The van der Waals surface area contributed by atoms with Crippen LogP contribution in [0.15, 0.2) is 85.2 Å². The van der Waals surface area contributed by atoms with Crippen LogP contribution in [0.5, 0.6) is 0 Å². The fraction of sp³-hybridized carbons (Fsp3) is 0.0435. The predicted octanol–water partition coefficient (Wildman–Crippen LogP) is 5.28. The van der Waals surface area contributed by atoms with E-state index in [-0.39, 0.29) is 11.7 Å². The first-order chi connectivity index (χ1) is 14.6. The first-order valence-corrected chi connectivity index (χ1v) is 9.31. The molecule has 0 aliphatic heterocycles. The Hall–Kier alpha value is -4.00. The molecule has 150 valence electrons. The number of hydrogen-bond donors (Lipinski definition) is 3. The van der Waals surface area contributed by atoms with Crippen molar-refractivity contribution in [1.82, 2.24) is 9.97 Å². The molecule has 0 amide bonds. The zero-order valence-corrected chi connectivity index (χ0v) is 15.9. The van der Waals surface area contributed by atoms with Gasteiger partial charge < -0.3 is 16.4 Å². The summed E-state index contributed by atoms with van der Waals surface area (Å²) in [7, 11) is 0. The number of nitrogens with one attached hydrogen (secondary N) is 2. The lowest BCUT2D eigenvalue weighted by Crippen LogP contribution is -2.15. The molecular formula is C23H19F2N5. The molecule has 4 rings (SSSR count). The summed E-state index contributed by atoms with van der Waals surface area (Å²) in [5, 5.41) is 6.29. The average Bonchev–Trinajstić information content (AvgIpc) is 2.78. The Morgan fingerprint density at radius 1 is 0.733 bits per heavy atom. The number of nitrogen functional groups attached to an aromatic ring is 1. The van der Waals surface area contributed by atoms with E-state index in [0.29, 0.717) is 17.3 Å². The van der Waals surface area contributed by atoms with E-state index in [4.69, 9.17) is 5.73 Å². The van der Waals surface area contributed by atoms with Gasteiger partial charge in [-0.15, -0.1) is 0 Å². The van der Waals surface area contributed by atoms with E-state index >= 15 is 0 Å². The number of anilines is 4. The SMILES string of the molecule is Nc1c(Nc2ccc(F)c(F)c2)ncnc1NC(c1ccccc1)c1ccccc1. The fourth-order valence-electron chi connectivity index (χ4n) is 3.11. The summed E-state index contributed by atoms with van der Waals surface area (Å²) in [4.78, 5) is 8.42. The zero-order valence-electron chi connectivity index (χ0n) is 15.9. The summed E-state index contributed by atoms with van der Waals surface area (Å²) < 4.78 is 26.7. The third-order valence-electron chi connectivity index (χ3n) is 4.61. The van der Waals surface area contributed by atoms with Gasteiger partial charge in [-0.3, -0.25) is 0 Å². The number of benzene rings is 3. The first kappa shape index (κ1) is 19.3. The predicted molar refractivity (Wildman–Crippen MR) is 114 cm³/mol. The van der Waals surface area contributed by atoms with Crippen LogP contribution in [0.4, 0.5) is 31.8 Å². The van der Waals surface area contributed by atoms with Crippen LogP contribution in [-0.4, -0.2) is 9.97 Å². The smallest absolute Gasteiger partial charge is 0.160 e. The molecular weight excluding hydrogens is 384 g/mol. The summed E-state index contributed by atoms with van der Waals surface area (Å²) >= 11 is 0. The molecule has 4 N–H and O–H groups in total. The van der Waals surface area contributed by atoms with Crippen LogP contribution in [0.25, 0.3) is 0 Å². The van der Waals surface area contributed by atoms with Crippen LogP contribution in [0.3, 0.4) is 0 Å². The minimum atomic E-state index is -0.959. The van der Waals surface area contributed by atoms with Crippen LogP contribution in [-0.2, 0) is 0 Å². The van der Waals surface area contributed by atoms with E-state index in [2.05, 4.69) is 20.6 Å². The topological polar surface area (TPSA) is 75.9 Å². The number of nitrogens with zero attached hydrogens (tertiary/aromatic N) is 2. The maximum atomic E-state index is 13.5. The highest BCUT2D eigenvalue weighted by Gasteiger charge is 2.17. The molecule has 0 saturated heterocycles. The van der Waals surface area contributed by atoms with E-state index in [9.17, 15) is 8.78 Å². The maximum Gasteiger partial charge on any atom is 0.160 e. The third-order valence-corrected chi connectivity index (χ3v) is 4.61. The summed E-state index contributed by atoms with van der Waals surface area (Å²) in [6, 6.07) is 23.1. The number of aromatic nitrogens is 2. The molecule has 0 atom stereocenters. The summed E-state index contributed by atoms with van der Waals surface area (Å²) in [6.45, 7) is 0. The highest BCUT2D eigenvalue weighted by molar-refractivity contribution is 5.78. The Balaban J connectivity index is 1.66. The monoisotopic (exact) mass is 403 g/mol. The van der Waals surface area contributed by atoms with Crippen LogP contribution in [0.1, 0.15) is 17.2 Å². The lowest BCUT2D eigenvalue weighted by atomic mass is 9.99.